The lowest BCUT2D eigenvalue weighted by molar-refractivity contribution is -0.150. The van der Waals surface area contributed by atoms with Crippen LogP contribution in [0.25, 0.3) is 5.52 Å². The van der Waals surface area contributed by atoms with Gasteiger partial charge in [0.15, 0.2) is 11.4 Å². The highest BCUT2D eigenvalue weighted by Gasteiger charge is 2.58. The fourth-order valence-corrected chi connectivity index (χ4v) is 6.22. The third-order valence-electron chi connectivity index (χ3n) is 6.94. The number of anilines is 1. The first-order chi connectivity index (χ1) is 19.0. The van der Waals surface area contributed by atoms with Crippen LogP contribution in [0.3, 0.4) is 0 Å². The summed E-state index contributed by atoms with van der Waals surface area (Å²) in [6.07, 6.45) is -0.145. The molecule has 40 heavy (non-hydrogen) atoms. The summed E-state index contributed by atoms with van der Waals surface area (Å²) in [6, 6.07) is 10.4. The molecular weight excluding hydrogens is 545 g/mol. The van der Waals surface area contributed by atoms with Gasteiger partial charge in [-0.05, 0) is 38.1 Å². The number of nitrogen functional groups attached to an aromatic ring is 1. The van der Waals surface area contributed by atoms with E-state index in [4.69, 9.17) is 29.0 Å². The van der Waals surface area contributed by atoms with Crippen molar-refractivity contribution < 1.29 is 42.8 Å². The van der Waals surface area contributed by atoms with Gasteiger partial charge in [-0.1, -0.05) is 18.2 Å². The summed E-state index contributed by atoms with van der Waals surface area (Å²) in [5, 5.41) is 29.6. The maximum Gasteiger partial charge on any atom is 0.459 e. The lowest BCUT2D eigenvalue weighted by Gasteiger charge is -2.33. The molecule has 4 heterocycles. The second-order valence-electron chi connectivity index (χ2n) is 10.0. The number of aliphatic hydroxyl groups excluding tert-OH is 1. The Kier molecular flexibility index (Phi) is 7.86. The Morgan fingerprint density at radius 1 is 1.32 bits per heavy atom. The summed E-state index contributed by atoms with van der Waals surface area (Å²) < 4.78 is 43.2. The monoisotopic (exact) mass is 577 g/mol. The lowest BCUT2D eigenvalue weighted by atomic mass is 9.86. The van der Waals surface area contributed by atoms with Crippen LogP contribution in [0.2, 0.25) is 0 Å². The summed E-state index contributed by atoms with van der Waals surface area (Å²) in [4.78, 5) is 16.6. The van der Waals surface area contributed by atoms with E-state index in [1.165, 1.54) is 24.7 Å². The van der Waals surface area contributed by atoms with E-state index in [1.807, 2.05) is 0 Å². The van der Waals surface area contributed by atoms with Crippen LogP contribution in [-0.4, -0.2) is 81.1 Å². The van der Waals surface area contributed by atoms with Gasteiger partial charge in [0.1, 0.15) is 41.4 Å². The number of esters is 1. The van der Waals surface area contributed by atoms with Gasteiger partial charge in [-0.3, -0.25) is 9.32 Å². The van der Waals surface area contributed by atoms with Crippen LogP contribution in [0.1, 0.15) is 26.0 Å². The molecule has 2 aliphatic heterocycles. The zero-order valence-electron chi connectivity index (χ0n) is 22.0. The fourth-order valence-electron chi connectivity index (χ4n) is 4.64. The summed E-state index contributed by atoms with van der Waals surface area (Å²) in [5.74, 6) is -0.243. The van der Waals surface area contributed by atoms with Gasteiger partial charge in [0.25, 0.3) is 0 Å². The first-order valence-corrected chi connectivity index (χ1v) is 14.3. The van der Waals surface area contributed by atoms with Crippen molar-refractivity contribution in [1.82, 2.24) is 19.7 Å². The lowest BCUT2D eigenvalue weighted by Crippen LogP contribution is -2.50. The number of aliphatic hydroxyl groups is 2. The van der Waals surface area contributed by atoms with Crippen molar-refractivity contribution in [2.45, 2.75) is 49.7 Å². The summed E-state index contributed by atoms with van der Waals surface area (Å²) in [5.41, 5.74) is 3.12. The SMILES string of the molecule is C[C@H](N[P@](=O)(OC[C@@]1(C)OC[C@](O)(c2ccc3c(N)ncnn23)[C@@H]1O)Oc1ccccc1)C(=O)O[C@H]1CCOC1. The highest BCUT2D eigenvalue weighted by molar-refractivity contribution is 7.52. The van der Waals surface area contributed by atoms with Crippen molar-refractivity contribution in [3.05, 3.63) is 54.5 Å². The predicted molar refractivity (Wildman–Crippen MR) is 140 cm³/mol. The number of hydrogen-bond acceptors (Lipinski definition) is 12. The van der Waals surface area contributed by atoms with E-state index >= 15 is 0 Å². The summed E-state index contributed by atoms with van der Waals surface area (Å²) >= 11 is 0. The van der Waals surface area contributed by atoms with E-state index in [0.29, 0.717) is 25.2 Å². The Labute approximate surface area is 229 Å². The van der Waals surface area contributed by atoms with Gasteiger partial charge >= 0.3 is 13.7 Å². The average molecular weight is 578 g/mol. The van der Waals surface area contributed by atoms with Crippen LogP contribution in [0.5, 0.6) is 5.75 Å². The number of nitrogens with zero attached hydrogens (tertiary/aromatic N) is 3. The molecule has 3 aromatic rings. The first kappa shape index (κ1) is 28.4. The van der Waals surface area contributed by atoms with E-state index in [2.05, 4.69) is 15.2 Å². The first-order valence-electron chi connectivity index (χ1n) is 12.7. The molecule has 5 rings (SSSR count). The minimum Gasteiger partial charge on any atom is -0.459 e. The van der Waals surface area contributed by atoms with E-state index in [1.54, 1.807) is 42.5 Å². The molecule has 1 aromatic carbocycles. The van der Waals surface area contributed by atoms with Gasteiger partial charge in [-0.15, -0.1) is 0 Å². The quantitative estimate of drug-likeness (QED) is 0.199. The Morgan fingerprint density at radius 2 is 2.10 bits per heavy atom. The molecule has 0 bridgehead atoms. The molecule has 15 heteroatoms. The molecule has 0 saturated carbocycles. The second-order valence-corrected chi connectivity index (χ2v) is 11.7. The predicted octanol–water partition coefficient (Wildman–Crippen LogP) is 1.16. The third kappa shape index (κ3) is 5.56. The van der Waals surface area contributed by atoms with Crippen molar-refractivity contribution in [2.24, 2.45) is 0 Å². The van der Waals surface area contributed by atoms with Crippen LogP contribution in [0, 0.1) is 0 Å². The average Bonchev–Trinajstić information content (AvgIpc) is 3.66. The smallest absolute Gasteiger partial charge is 0.459 e. The molecule has 2 fully saturated rings. The Hall–Kier alpha value is -3.10. The number of aromatic nitrogens is 3. The number of nitrogens with one attached hydrogen (secondary N) is 1. The number of hydrogen-bond donors (Lipinski definition) is 4. The Balaban J connectivity index is 1.33. The summed E-state index contributed by atoms with van der Waals surface area (Å²) in [6.45, 7) is 2.94. The molecule has 5 N–H and O–H groups in total. The van der Waals surface area contributed by atoms with E-state index < -0.39 is 49.8 Å². The molecule has 2 aromatic heterocycles. The fraction of sp³-hybridized carbons (Fsp3) is 0.480. The number of carbonyl (C=O) groups excluding carboxylic acids is 1. The number of ether oxygens (including phenoxy) is 3. The second kappa shape index (κ2) is 11.1. The van der Waals surface area contributed by atoms with E-state index in [9.17, 15) is 19.6 Å². The Morgan fingerprint density at radius 3 is 2.83 bits per heavy atom. The topological polar surface area (TPSA) is 189 Å². The van der Waals surface area contributed by atoms with Gasteiger partial charge in [0, 0.05) is 6.42 Å². The number of para-hydroxylation sites is 1. The van der Waals surface area contributed by atoms with Gasteiger partial charge in [-0.2, -0.15) is 10.2 Å². The molecule has 0 aliphatic carbocycles. The maximum absolute atomic E-state index is 13.9. The summed E-state index contributed by atoms with van der Waals surface area (Å²) in [7, 11) is -4.26. The van der Waals surface area contributed by atoms with Crippen LogP contribution in [0.4, 0.5) is 5.82 Å². The van der Waals surface area contributed by atoms with Crippen molar-refractivity contribution >= 4 is 25.1 Å². The molecule has 0 amide bonds. The number of carbonyl (C=O) groups is 1. The van der Waals surface area contributed by atoms with Gasteiger partial charge in [0.2, 0.25) is 0 Å². The minimum absolute atomic E-state index is 0.197. The molecule has 14 nitrogen and oxygen atoms in total. The highest BCUT2D eigenvalue weighted by atomic mass is 31.2. The highest BCUT2D eigenvalue weighted by Crippen LogP contribution is 2.48. The molecule has 2 saturated heterocycles. The van der Waals surface area contributed by atoms with E-state index in [0.717, 1.165) is 0 Å². The van der Waals surface area contributed by atoms with Crippen LogP contribution in [0.15, 0.2) is 48.8 Å². The van der Waals surface area contributed by atoms with Gasteiger partial charge < -0.3 is 34.7 Å². The van der Waals surface area contributed by atoms with Crippen LogP contribution >= 0.6 is 7.75 Å². The normalized spacial score (nSPS) is 28.8. The molecule has 6 atom stereocenters. The molecule has 2 aliphatic rings. The molecule has 0 spiro atoms. The zero-order valence-corrected chi connectivity index (χ0v) is 22.9. The molecule has 0 radical (unpaired) electrons. The Bertz CT molecular complexity index is 1400. The van der Waals surface area contributed by atoms with Crippen molar-refractivity contribution in [2.75, 3.05) is 32.2 Å². The number of benzene rings is 1. The number of fused-ring (bicyclic) bond motifs is 1. The zero-order chi connectivity index (χ0) is 28.5. The number of nitrogens with two attached hydrogens (primary N) is 1. The molecular formula is C25H32N5O9P. The third-order valence-corrected chi connectivity index (χ3v) is 8.57. The van der Waals surface area contributed by atoms with Crippen LogP contribution in [-0.2, 0) is 33.7 Å². The molecule has 216 valence electrons. The maximum atomic E-state index is 13.9. The number of rotatable bonds is 10. The standard InChI is InChI=1S/C25H32N5O9P/c1-16(22(31)38-18-10-11-35-12-18)29-40(34,39-17-6-4-3-5-7-17)37-13-24(2)23(32)25(33,14-36-24)20-9-8-19-21(26)27-15-28-30(19)20/h3-9,15-16,18,23,32-33H,10-14H2,1-2H3,(H,29,34)(H2,26,27,28)/t16-,18-,23+,24+,25-,40-/m0/s1. The van der Waals surface area contributed by atoms with Crippen molar-refractivity contribution in [1.29, 1.82) is 0 Å². The van der Waals surface area contributed by atoms with Crippen molar-refractivity contribution in [3.8, 4) is 5.75 Å². The van der Waals surface area contributed by atoms with Crippen LogP contribution < -0.4 is 15.3 Å². The molecule has 0 unspecified atom stereocenters. The largest absolute Gasteiger partial charge is 0.459 e. The van der Waals surface area contributed by atoms with Gasteiger partial charge in [-0.25, -0.2) is 14.1 Å². The van der Waals surface area contributed by atoms with Crippen molar-refractivity contribution in [3.63, 3.8) is 0 Å². The minimum atomic E-state index is -4.26. The van der Waals surface area contributed by atoms with E-state index in [-0.39, 0.29) is 23.9 Å². The van der Waals surface area contributed by atoms with Gasteiger partial charge in [0.05, 0.1) is 32.1 Å².